The van der Waals surface area contributed by atoms with E-state index in [0.717, 1.165) is 6.54 Å². The van der Waals surface area contributed by atoms with Gasteiger partial charge in [-0.1, -0.05) is 12.8 Å². The quantitative estimate of drug-likeness (QED) is 0.746. The Labute approximate surface area is 79.0 Å². The topological polar surface area (TPSA) is 43.8 Å². The normalized spacial score (nSPS) is 20.8. The number of hydrogen-bond donors (Lipinski definition) is 1. The lowest BCUT2D eigenvalue weighted by Gasteiger charge is -2.30. The van der Waals surface area contributed by atoms with Crippen LogP contribution in [0.4, 0.5) is 0 Å². The summed E-state index contributed by atoms with van der Waals surface area (Å²) in [5.41, 5.74) is 7.29. The predicted octanol–water partition coefficient (Wildman–Crippen LogP) is 1.42. The van der Waals surface area contributed by atoms with Crippen molar-refractivity contribution < 1.29 is 0 Å². The number of aryl methyl sites for hydroxylation is 1. The summed E-state index contributed by atoms with van der Waals surface area (Å²) in [4.78, 5) is 4.17. The number of rotatable bonds is 2. The van der Waals surface area contributed by atoms with Crippen molar-refractivity contribution in [1.82, 2.24) is 9.55 Å². The fourth-order valence-electron chi connectivity index (χ4n) is 2.43. The van der Waals surface area contributed by atoms with Crippen LogP contribution in [0, 0.1) is 6.92 Å². The number of nitrogens with zero attached hydrogens (tertiary/aromatic N) is 2. The standard InChI is InChI=1S/C10H17N3/c1-9-6-12-8-13(9)10(7-11)4-2-3-5-10/h6,8H,2-5,7,11H2,1H3. The molecule has 0 aliphatic heterocycles. The summed E-state index contributed by atoms with van der Waals surface area (Å²) in [6.07, 6.45) is 8.86. The summed E-state index contributed by atoms with van der Waals surface area (Å²) in [7, 11) is 0. The molecule has 2 N–H and O–H groups in total. The van der Waals surface area contributed by atoms with Crippen molar-refractivity contribution in [2.75, 3.05) is 6.54 Å². The first-order valence-electron chi connectivity index (χ1n) is 4.98. The van der Waals surface area contributed by atoms with Crippen LogP contribution in [0.2, 0.25) is 0 Å². The van der Waals surface area contributed by atoms with Crippen LogP contribution in [0.1, 0.15) is 31.4 Å². The molecule has 1 heterocycles. The van der Waals surface area contributed by atoms with Gasteiger partial charge in [-0.15, -0.1) is 0 Å². The van der Waals surface area contributed by atoms with Crippen molar-refractivity contribution in [1.29, 1.82) is 0 Å². The number of imidazole rings is 1. The van der Waals surface area contributed by atoms with Gasteiger partial charge in [0.05, 0.1) is 11.9 Å². The Balaban J connectivity index is 2.36. The monoisotopic (exact) mass is 179 g/mol. The van der Waals surface area contributed by atoms with Crippen molar-refractivity contribution in [3.05, 3.63) is 18.2 Å². The second kappa shape index (κ2) is 3.14. The van der Waals surface area contributed by atoms with E-state index in [0.29, 0.717) is 0 Å². The highest BCUT2D eigenvalue weighted by Crippen LogP contribution is 2.36. The first-order chi connectivity index (χ1) is 6.28. The predicted molar refractivity (Wildman–Crippen MR) is 52.5 cm³/mol. The second-order valence-corrected chi connectivity index (χ2v) is 4.04. The molecule has 0 amide bonds. The molecule has 0 atom stereocenters. The Morgan fingerprint density at radius 2 is 2.23 bits per heavy atom. The third-order valence-corrected chi connectivity index (χ3v) is 3.25. The largest absolute Gasteiger partial charge is 0.328 e. The van der Waals surface area contributed by atoms with Gasteiger partial charge >= 0.3 is 0 Å². The summed E-state index contributed by atoms with van der Waals surface area (Å²) in [5.74, 6) is 0. The van der Waals surface area contributed by atoms with Gasteiger partial charge in [-0.05, 0) is 19.8 Å². The summed E-state index contributed by atoms with van der Waals surface area (Å²) in [5, 5.41) is 0. The van der Waals surface area contributed by atoms with Gasteiger partial charge in [0.1, 0.15) is 0 Å². The second-order valence-electron chi connectivity index (χ2n) is 4.04. The fourth-order valence-corrected chi connectivity index (χ4v) is 2.43. The van der Waals surface area contributed by atoms with Crippen LogP contribution < -0.4 is 5.73 Å². The molecule has 0 unspecified atom stereocenters. The summed E-state index contributed by atoms with van der Waals surface area (Å²) in [6, 6.07) is 0. The molecular formula is C10H17N3. The van der Waals surface area contributed by atoms with Gasteiger partial charge in [0.25, 0.3) is 0 Å². The zero-order valence-electron chi connectivity index (χ0n) is 8.16. The number of nitrogens with two attached hydrogens (primary N) is 1. The van der Waals surface area contributed by atoms with E-state index >= 15 is 0 Å². The minimum atomic E-state index is 0.181. The molecule has 2 rings (SSSR count). The van der Waals surface area contributed by atoms with E-state index in [4.69, 9.17) is 5.73 Å². The van der Waals surface area contributed by atoms with Gasteiger partial charge in [0.15, 0.2) is 0 Å². The van der Waals surface area contributed by atoms with Crippen LogP contribution >= 0.6 is 0 Å². The average Bonchev–Trinajstić information content (AvgIpc) is 2.73. The van der Waals surface area contributed by atoms with Crippen LogP contribution in [0.15, 0.2) is 12.5 Å². The molecule has 1 aliphatic carbocycles. The minimum Gasteiger partial charge on any atom is -0.328 e. The molecule has 0 aromatic carbocycles. The SMILES string of the molecule is Cc1cncn1C1(CN)CCCC1. The number of aromatic nitrogens is 2. The van der Waals surface area contributed by atoms with E-state index in [-0.39, 0.29) is 5.54 Å². The summed E-state index contributed by atoms with van der Waals surface area (Å²) < 4.78 is 2.26. The van der Waals surface area contributed by atoms with E-state index in [1.165, 1.54) is 31.4 Å². The van der Waals surface area contributed by atoms with Gasteiger partial charge in [-0.3, -0.25) is 0 Å². The van der Waals surface area contributed by atoms with Crippen LogP contribution in [0.25, 0.3) is 0 Å². The highest BCUT2D eigenvalue weighted by Gasteiger charge is 2.34. The Bertz CT molecular complexity index is 284. The van der Waals surface area contributed by atoms with Crippen molar-refractivity contribution in [2.24, 2.45) is 5.73 Å². The van der Waals surface area contributed by atoms with E-state index in [1.807, 2.05) is 12.5 Å². The maximum absolute atomic E-state index is 5.88. The summed E-state index contributed by atoms with van der Waals surface area (Å²) in [6.45, 7) is 2.84. The minimum absolute atomic E-state index is 0.181. The zero-order valence-corrected chi connectivity index (χ0v) is 8.16. The molecule has 13 heavy (non-hydrogen) atoms. The van der Waals surface area contributed by atoms with Crippen molar-refractivity contribution in [2.45, 2.75) is 38.1 Å². The lowest BCUT2D eigenvalue weighted by Crippen LogP contribution is -2.38. The zero-order chi connectivity index (χ0) is 9.31. The molecule has 0 spiro atoms. The Morgan fingerprint density at radius 3 is 2.69 bits per heavy atom. The van der Waals surface area contributed by atoms with Crippen molar-refractivity contribution in [3.63, 3.8) is 0 Å². The summed E-state index contributed by atoms with van der Waals surface area (Å²) >= 11 is 0. The Morgan fingerprint density at radius 1 is 1.54 bits per heavy atom. The molecule has 1 aromatic rings. The maximum Gasteiger partial charge on any atom is 0.0953 e. The maximum atomic E-state index is 5.88. The molecule has 3 nitrogen and oxygen atoms in total. The average molecular weight is 179 g/mol. The van der Waals surface area contributed by atoms with Crippen LogP contribution in [-0.2, 0) is 5.54 Å². The molecule has 1 aromatic heterocycles. The third kappa shape index (κ3) is 1.27. The van der Waals surface area contributed by atoms with E-state index in [9.17, 15) is 0 Å². The number of hydrogen-bond acceptors (Lipinski definition) is 2. The lowest BCUT2D eigenvalue weighted by molar-refractivity contribution is 0.298. The molecule has 3 heteroatoms. The third-order valence-electron chi connectivity index (χ3n) is 3.25. The first-order valence-corrected chi connectivity index (χ1v) is 4.98. The first kappa shape index (κ1) is 8.75. The van der Waals surface area contributed by atoms with Gasteiger partial charge in [0, 0.05) is 18.4 Å². The molecular weight excluding hydrogens is 162 g/mol. The van der Waals surface area contributed by atoms with E-state index in [2.05, 4.69) is 16.5 Å². The van der Waals surface area contributed by atoms with Crippen molar-refractivity contribution >= 4 is 0 Å². The van der Waals surface area contributed by atoms with Crippen LogP contribution in [-0.4, -0.2) is 16.1 Å². The van der Waals surface area contributed by atoms with Gasteiger partial charge < -0.3 is 10.3 Å². The molecule has 1 aliphatic rings. The molecule has 1 saturated carbocycles. The van der Waals surface area contributed by atoms with Gasteiger partial charge in [0.2, 0.25) is 0 Å². The molecule has 72 valence electrons. The lowest BCUT2D eigenvalue weighted by atomic mass is 9.97. The molecule has 1 fully saturated rings. The molecule has 0 bridgehead atoms. The van der Waals surface area contributed by atoms with Crippen LogP contribution in [0.3, 0.4) is 0 Å². The van der Waals surface area contributed by atoms with Gasteiger partial charge in [-0.25, -0.2) is 4.98 Å². The highest BCUT2D eigenvalue weighted by atomic mass is 15.1. The van der Waals surface area contributed by atoms with Crippen LogP contribution in [0.5, 0.6) is 0 Å². The smallest absolute Gasteiger partial charge is 0.0953 e. The molecule has 0 saturated heterocycles. The van der Waals surface area contributed by atoms with Gasteiger partial charge in [-0.2, -0.15) is 0 Å². The molecule has 0 radical (unpaired) electrons. The fraction of sp³-hybridized carbons (Fsp3) is 0.700. The highest BCUT2D eigenvalue weighted by molar-refractivity contribution is 5.04. The van der Waals surface area contributed by atoms with E-state index in [1.54, 1.807) is 0 Å². The Hall–Kier alpha value is -0.830. The van der Waals surface area contributed by atoms with Crippen molar-refractivity contribution in [3.8, 4) is 0 Å². The Kier molecular flexibility index (Phi) is 2.12. The van der Waals surface area contributed by atoms with E-state index < -0.39 is 0 Å².